The molecule has 0 radical (unpaired) electrons. The van der Waals surface area contributed by atoms with E-state index in [9.17, 15) is 4.79 Å². The third-order valence-electron chi connectivity index (χ3n) is 2.54. The Kier molecular flexibility index (Phi) is 2.87. The Morgan fingerprint density at radius 2 is 2.12 bits per heavy atom. The zero-order chi connectivity index (χ0) is 11.5. The number of carbonyl (C=O) groups is 1. The number of hydrogen-bond donors (Lipinski definition) is 2. The van der Waals surface area contributed by atoms with Gasteiger partial charge in [0.1, 0.15) is 12.4 Å². The van der Waals surface area contributed by atoms with Gasteiger partial charge in [-0.1, -0.05) is 30.3 Å². The minimum absolute atomic E-state index is 0.104. The number of ether oxygens (including phenoxy) is 1. The molecule has 0 aliphatic carbocycles. The maximum Gasteiger partial charge on any atom is 0.320 e. The SMILES string of the molecule is N=C1COCC(c2ccccc2)N1C(N)=O. The number of nitrogens with zero attached hydrogens (tertiary/aromatic N) is 1. The highest BCUT2D eigenvalue weighted by Gasteiger charge is 2.31. The molecule has 5 nitrogen and oxygen atoms in total. The van der Waals surface area contributed by atoms with Crippen molar-refractivity contribution in [3.05, 3.63) is 35.9 Å². The minimum atomic E-state index is -0.609. The van der Waals surface area contributed by atoms with Gasteiger partial charge in [-0.15, -0.1) is 0 Å². The van der Waals surface area contributed by atoms with Gasteiger partial charge in [0.15, 0.2) is 0 Å². The first-order valence-corrected chi connectivity index (χ1v) is 4.99. The maximum absolute atomic E-state index is 11.3. The summed E-state index contributed by atoms with van der Waals surface area (Å²) in [5.41, 5.74) is 6.20. The summed E-state index contributed by atoms with van der Waals surface area (Å²) < 4.78 is 5.26. The second-order valence-corrected chi connectivity index (χ2v) is 3.60. The molecule has 5 heteroatoms. The normalized spacial score (nSPS) is 20.9. The number of amidine groups is 1. The molecule has 0 saturated carbocycles. The van der Waals surface area contributed by atoms with Gasteiger partial charge in [-0.05, 0) is 5.56 Å². The van der Waals surface area contributed by atoms with E-state index < -0.39 is 6.03 Å². The number of primary amides is 1. The summed E-state index contributed by atoms with van der Waals surface area (Å²) in [7, 11) is 0. The van der Waals surface area contributed by atoms with E-state index in [0.717, 1.165) is 5.56 Å². The van der Waals surface area contributed by atoms with Gasteiger partial charge >= 0.3 is 6.03 Å². The molecule has 84 valence electrons. The van der Waals surface area contributed by atoms with Gasteiger partial charge in [-0.25, -0.2) is 4.79 Å². The molecule has 1 saturated heterocycles. The average molecular weight is 219 g/mol. The Labute approximate surface area is 93.3 Å². The Hall–Kier alpha value is -1.88. The molecule has 1 fully saturated rings. The van der Waals surface area contributed by atoms with Gasteiger partial charge in [0.05, 0.1) is 12.6 Å². The predicted octanol–water partition coefficient (Wildman–Crippen LogP) is 1.12. The van der Waals surface area contributed by atoms with E-state index in [4.69, 9.17) is 15.9 Å². The number of carbonyl (C=O) groups excluding carboxylic acids is 1. The summed E-state index contributed by atoms with van der Waals surface area (Å²) in [5, 5.41) is 7.66. The van der Waals surface area contributed by atoms with E-state index in [2.05, 4.69) is 0 Å². The fourth-order valence-corrected chi connectivity index (χ4v) is 1.81. The van der Waals surface area contributed by atoms with E-state index in [1.165, 1.54) is 4.90 Å². The van der Waals surface area contributed by atoms with Crippen molar-refractivity contribution in [2.75, 3.05) is 13.2 Å². The van der Waals surface area contributed by atoms with Crippen LogP contribution < -0.4 is 5.73 Å². The monoisotopic (exact) mass is 219 g/mol. The van der Waals surface area contributed by atoms with Crippen molar-refractivity contribution in [2.24, 2.45) is 5.73 Å². The van der Waals surface area contributed by atoms with Crippen LogP contribution in [0.5, 0.6) is 0 Å². The molecule has 1 heterocycles. The second-order valence-electron chi connectivity index (χ2n) is 3.60. The van der Waals surface area contributed by atoms with Crippen molar-refractivity contribution in [3.8, 4) is 0 Å². The summed E-state index contributed by atoms with van der Waals surface area (Å²) in [6.07, 6.45) is 0. The van der Waals surface area contributed by atoms with Crippen molar-refractivity contribution in [2.45, 2.75) is 6.04 Å². The van der Waals surface area contributed by atoms with Crippen LogP contribution in [0.1, 0.15) is 11.6 Å². The summed E-state index contributed by atoms with van der Waals surface area (Å²) in [5.74, 6) is 0.104. The largest absolute Gasteiger partial charge is 0.371 e. The van der Waals surface area contributed by atoms with E-state index in [-0.39, 0.29) is 18.5 Å². The maximum atomic E-state index is 11.3. The fourth-order valence-electron chi connectivity index (χ4n) is 1.81. The van der Waals surface area contributed by atoms with Crippen LogP contribution in [0.2, 0.25) is 0 Å². The molecular formula is C11H13N3O2. The van der Waals surface area contributed by atoms with Crippen LogP contribution in [0.3, 0.4) is 0 Å². The molecule has 1 unspecified atom stereocenters. The first-order valence-electron chi connectivity index (χ1n) is 4.99. The highest BCUT2D eigenvalue weighted by Crippen LogP contribution is 2.24. The molecule has 1 atom stereocenters. The van der Waals surface area contributed by atoms with Crippen LogP contribution in [0.25, 0.3) is 0 Å². The molecule has 2 rings (SSSR count). The number of urea groups is 1. The standard InChI is InChI=1S/C11H13N3O2/c12-10-7-16-6-9(14(10)11(13)15)8-4-2-1-3-5-8/h1-5,9,12H,6-7H2,(H2,13,15). The molecular weight excluding hydrogens is 206 g/mol. The third kappa shape index (κ3) is 1.90. The molecule has 0 spiro atoms. The van der Waals surface area contributed by atoms with Crippen molar-refractivity contribution >= 4 is 11.9 Å². The molecule has 1 aliphatic rings. The van der Waals surface area contributed by atoms with Crippen molar-refractivity contribution < 1.29 is 9.53 Å². The number of rotatable bonds is 1. The minimum Gasteiger partial charge on any atom is -0.371 e. The highest BCUT2D eigenvalue weighted by molar-refractivity contribution is 5.96. The highest BCUT2D eigenvalue weighted by atomic mass is 16.5. The lowest BCUT2D eigenvalue weighted by Crippen LogP contribution is -2.49. The van der Waals surface area contributed by atoms with Crippen LogP contribution in [0.15, 0.2) is 30.3 Å². The zero-order valence-corrected chi connectivity index (χ0v) is 8.72. The van der Waals surface area contributed by atoms with Crippen molar-refractivity contribution in [1.82, 2.24) is 4.90 Å². The number of nitrogens with one attached hydrogen (secondary N) is 1. The molecule has 0 aromatic heterocycles. The van der Waals surface area contributed by atoms with E-state index >= 15 is 0 Å². The van der Waals surface area contributed by atoms with Crippen molar-refractivity contribution in [3.63, 3.8) is 0 Å². The molecule has 1 aliphatic heterocycles. The topological polar surface area (TPSA) is 79.4 Å². The van der Waals surface area contributed by atoms with Gasteiger partial charge in [0, 0.05) is 0 Å². The van der Waals surface area contributed by atoms with E-state index in [1.807, 2.05) is 30.3 Å². The molecule has 3 N–H and O–H groups in total. The first-order chi connectivity index (χ1) is 7.70. The number of morpholine rings is 1. The third-order valence-corrected chi connectivity index (χ3v) is 2.54. The zero-order valence-electron chi connectivity index (χ0n) is 8.72. The Balaban J connectivity index is 2.31. The summed E-state index contributed by atoms with van der Waals surface area (Å²) in [6.45, 7) is 0.502. The number of hydrogen-bond acceptors (Lipinski definition) is 3. The molecule has 1 aromatic carbocycles. The predicted molar refractivity (Wildman–Crippen MR) is 59.2 cm³/mol. The van der Waals surface area contributed by atoms with Crippen LogP contribution in [0.4, 0.5) is 4.79 Å². The van der Waals surface area contributed by atoms with Crippen LogP contribution in [-0.4, -0.2) is 30.0 Å². The number of nitrogens with two attached hydrogens (primary N) is 1. The van der Waals surface area contributed by atoms with Crippen LogP contribution in [-0.2, 0) is 4.74 Å². The quantitative estimate of drug-likeness (QED) is 0.742. The van der Waals surface area contributed by atoms with Gasteiger partial charge in [-0.2, -0.15) is 0 Å². The lowest BCUT2D eigenvalue weighted by atomic mass is 10.1. The summed E-state index contributed by atoms with van der Waals surface area (Å²) >= 11 is 0. The van der Waals surface area contributed by atoms with Gasteiger partial charge in [0.25, 0.3) is 0 Å². The average Bonchev–Trinajstić information content (AvgIpc) is 2.29. The lowest BCUT2D eigenvalue weighted by Gasteiger charge is -2.34. The van der Waals surface area contributed by atoms with Gasteiger partial charge < -0.3 is 10.5 Å². The van der Waals surface area contributed by atoms with Crippen LogP contribution in [0, 0.1) is 5.41 Å². The fraction of sp³-hybridized carbons (Fsp3) is 0.273. The number of amides is 2. The summed E-state index contributed by atoms with van der Waals surface area (Å²) in [4.78, 5) is 12.6. The molecule has 1 aromatic rings. The smallest absolute Gasteiger partial charge is 0.320 e. The number of benzene rings is 1. The van der Waals surface area contributed by atoms with E-state index in [0.29, 0.717) is 6.61 Å². The lowest BCUT2D eigenvalue weighted by molar-refractivity contribution is 0.0821. The van der Waals surface area contributed by atoms with Gasteiger partial charge in [0.2, 0.25) is 0 Å². The van der Waals surface area contributed by atoms with Crippen LogP contribution >= 0.6 is 0 Å². The van der Waals surface area contributed by atoms with E-state index in [1.54, 1.807) is 0 Å². The Bertz CT molecular complexity index is 405. The van der Waals surface area contributed by atoms with Crippen molar-refractivity contribution in [1.29, 1.82) is 5.41 Å². The Morgan fingerprint density at radius 1 is 1.44 bits per heavy atom. The first kappa shape index (κ1) is 10.6. The molecule has 16 heavy (non-hydrogen) atoms. The molecule has 0 bridgehead atoms. The second kappa shape index (κ2) is 4.32. The van der Waals surface area contributed by atoms with Gasteiger partial charge in [-0.3, -0.25) is 10.3 Å². The Morgan fingerprint density at radius 3 is 2.75 bits per heavy atom. The summed E-state index contributed by atoms with van der Waals surface area (Å²) in [6, 6.07) is 8.54. The molecule has 2 amide bonds.